The standard InChI is InChI=1S/C14H12Cl2N2/c1-9-7-11(15)3-5-13(9)17-18-14-6-4-12(16)8-10(14)2/h3-8H,1-2H3. The minimum atomic E-state index is 0.703. The molecule has 4 heteroatoms. The average molecular weight is 279 g/mol. The zero-order valence-corrected chi connectivity index (χ0v) is 11.6. The lowest BCUT2D eigenvalue weighted by molar-refractivity contribution is 1.19. The number of rotatable bonds is 2. The topological polar surface area (TPSA) is 24.7 Å². The molecule has 92 valence electrons. The third-order valence-electron chi connectivity index (χ3n) is 2.58. The summed E-state index contributed by atoms with van der Waals surface area (Å²) in [6.45, 7) is 3.91. The first-order valence-electron chi connectivity index (χ1n) is 5.50. The van der Waals surface area contributed by atoms with Crippen molar-refractivity contribution in [3.63, 3.8) is 0 Å². The van der Waals surface area contributed by atoms with Crippen LogP contribution in [-0.2, 0) is 0 Å². The van der Waals surface area contributed by atoms with Gasteiger partial charge in [-0.2, -0.15) is 10.2 Å². The van der Waals surface area contributed by atoms with E-state index in [0.717, 1.165) is 22.5 Å². The molecule has 0 fully saturated rings. The lowest BCUT2D eigenvalue weighted by Gasteiger charge is -2.01. The maximum absolute atomic E-state index is 5.89. The normalized spacial score (nSPS) is 11.1. The molecule has 2 aromatic carbocycles. The first-order chi connectivity index (χ1) is 8.56. The molecule has 0 aliphatic heterocycles. The second kappa shape index (κ2) is 5.51. The van der Waals surface area contributed by atoms with E-state index in [1.165, 1.54) is 0 Å². The molecule has 18 heavy (non-hydrogen) atoms. The summed E-state index contributed by atoms with van der Waals surface area (Å²) in [4.78, 5) is 0. The highest BCUT2D eigenvalue weighted by Crippen LogP contribution is 2.27. The van der Waals surface area contributed by atoms with Crippen molar-refractivity contribution in [2.75, 3.05) is 0 Å². The van der Waals surface area contributed by atoms with E-state index < -0.39 is 0 Å². The summed E-state index contributed by atoms with van der Waals surface area (Å²) in [6, 6.07) is 11.0. The fourth-order valence-corrected chi connectivity index (χ4v) is 2.02. The first kappa shape index (κ1) is 13.1. The molecule has 0 atom stereocenters. The maximum Gasteiger partial charge on any atom is 0.0887 e. The van der Waals surface area contributed by atoms with Crippen molar-refractivity contribution in [2.45, 2.75) is 13.8 Å². The molecule has 0 spiro atoms. The van der Waals surface area contributed by atoms with E-state index in [2.05, 4.69) is 10.2 Å². The van der Waals surface area contributed by atoms with Gasteiger partial charge in [0.2, 0.25) is 0 Å². The summed E-state index contributed by atoms with van der Waals surface area (Å²) in [6.07, 6.45) is 0. The van der Waals surface area contributed by atoms with E-state index in [9.17, 15) is 0 Å². The average Bonchev–Trinajstić information content (AvgIpc) is 2.30. The van der Waals surface area contributed by atoms with Gasteiger partial charge in [0.25, 0.3) is 0 Å². The van der Waals surface area contributed by atoms with E-state index in [4.69, 9.17) is 23.2 Å². The van der Waals surface area contributed by atoms with Crippen molar-refractivity contribution in [3.8, 4) is 0 Å². The van der Waals surface area contributed by atoms with Crippen LogP contribution in [0.4, 0.5) is 11.4 Å². The van der Waals surface area contributed by atoms with E-state index in [0.29, 0.717) is 10.0 Å². The summed E-state index contributed by atoms with van der Waals surface area (Å²) in [7, 11) is 0. The minimum absolute atomic E-state index is 0.703. The van der Waals surface area contributed by atoms with Crippen LogP contribution in [0, 0.1) is 13.8 Å². The molecule has 0 bridgehead atoms. The Labute approximate surface area is 116 Å². The van der Waals surface area contributed by atoms with Crippen LogP contribution in [-0.4, -0.2) is 0 Å². The van der Waals surface area contributed by atoms with Crippen molar-refractivity contribution in [1.29, 1.82) is 0 Å². The first-order valence-corrected chi connectivity index (χ1v) is 6.26. The zero-order valence-electron chi connectivity index (χ0n) is 10.1. The number of hydrogen-bond donors (Lipinski definition) is 0. The third kappa shape index (κ3) is 3.09. The van der Waals surface area contributed by atoms with Gasteiger partial charge in [0.15, 0.2) is 0 Å². The highest BCUT2D eigenvalue weighted by molar-refractivity contribution is 6.31. The van der Waals surface area contributed by atoms with Crippen molar-refractivity contribution in [2.24, 2.45) is 10.2 Å². The molecule has 0 saturated carbocycles. The van der Waals surface area contributed by atoms with E-state index in [1.807, 2.05) is 38.1 Å². The molecule has 0 unspecified atom stereocenters. The Hall–Kier alpha value is -1.38. The third-order valence-corrected chi connectivity index (χ3v) is 3.05. The summed E-state index contributed by atoms with van der Waals surface area (Å²) in [5.74, 6) is 0. The number of azo groups is 1. The molecule has 0 N–H and O–H groups in total. The fraction of sp³-hybridized carbons (Fsp3) is 0.143. The van der Waals surface area contributed by atoms with Crippen molar-refractivity contribution < 1.29 is 0 Å². The Morgan fingerprint density at radius 1 is 0.722 bits per heavy atom. The summed E-state index contributed by atoms with van der Waals surface area (Å²) in [5, 5.41) is 9.87. The second-order valence-electron chi connectivity index (χ2n) is 4.06. The molecule has 0 aromatic heterocycles. The molecule has 2 aromatic rings. The van der Waals surface area contributed by atoms with Crippen LogP contribution in [0.3, 0.4) is 0 Å². The molecule has 0 aliphatic rings. The summed E-state index contributed by atoms with van der Waals surface area (Å²) < 4.78 is 0. The summed E-state index contributed by atoms with van der Waals surface area (Å²) >= 11 is 11.8. The predicted molar refractivity (Wildman–Crippen MR) is 76.6 cm³/mol. The van der Waals surface area contributed by atoms with Crippen molar-refractivity contribution >= 4 is 34.6 Å². The quantitative estimate of drug-likeness (QED) is 0.600. The second-order valence-corrected chi connectivity index (χ2v) is 4.93. The van der Waals surface area contributed by atoms with Crippen LogP contribution >= 0.6 is 23.2 Å². The Balaban J connectivity index is 2.30. The van der Waals surface area contributed by atoms with Gasteiger partial charge >= 0.3 is 0 Å². The van der Waals surface area contributed by atoms with Crippen LogP contribution in [0.25, 0.3) is 0 Å². The van der Waals surface area contributed by atoms with E-state index in [1.54, 1.807) is 12.1 Å². The van der Waals surface area contributed by atoms with Crippen LogP contribution in [0.15, 0.2) is 46.6 Å². The maximum atomic E-state index is 5.89. The molecule has 2 nitrogen and oxygen atoms in total. The van der Waals surface area contributed by atoms with Gasteiger partial charge in [0.1, 0.15) is 0 Å². The van der Waals surface area contributed by atoms with Gasteiger partial charge in [0, 0.05) is 10.0 Å². The smallest absolute Gasteiger partial charge is 0.0887 e. The van der Waals surface area contributed by atoms with Gasteiger partial charge in [-0.15, -0.1) is 0 Å². The van der Waals surface area contributed by atoms with Crippen LogP contribution in [0.1, 0.15) is 11.1 Å². The number of nitrogens with zero attached hydrogens (tertiary/aromatic N) is 2. The Kier molecular flexibility index (Phi) is 4.00. The van der Waals surface area contributed by atoms with Gasteiger partial charge < -0.3 is 0 Å². The van der Waals surface area contributed by atoms with Gasteiger partial charge in [-0.3, -0.25) is 0 Å². The highest BCUT2D eigenvalue weighted by atomic mass is 35.5. The Morgan fingerprint density at radius 3 is 1.44 bits per heavy atom. The van der Waals surface area contributed by atoms with Crippen LogP contribution in [0.5, 0.6) is 0 Å². The molecular formula is C14H12Cl2N2. The van der Waals surface area contributed by atoms with Crippen LogP contribution < -0.4 is 0 Å². The van der Waals surface area contributed by atoms with Gasteiger partial charge in [-0.25, -0.2) is 0 Å². The zero-order chi connectivity index (χ0) is 13.1. The van der Waals surface area contributed by atoms with Gasteiger partial charge in [-0.1, -0.05) is 23.2 Å². The highest BCUT2D eigenvalue weighted by Gasteiger charge is 2.00. The van der Waals surface area contributed by atoms with Gasteiger partial charge in [-0.05, 0) is 61.4 Å². The molecular weight excluding hydrogens is 267 g/mol. The molecule has 0 amide bonds. The Morgan fingerprint density at radius 2 is 1.11 bits per heavy atom. The lowest BCUT2D eigenvalue weighted by atomic mass is 10.2. The van der Waals surface area contributed by atoms with Crippen molar-refractivity contribution in [3.05, 3.63) is 57.6 Å². The number of aryl methyl sites for hydroxylation is 2. The van der Waals surface area contributed by atoms with E-state index >= 15 is 0 Å². The number of hydrogen-bond acceptors (Lipinski definition) is 2. The molecule has 2 rings (SSSR count). The number of benzene rings is 2. The largest absolute Gasteiger partial charge is 0.150 e. The SMILES string of the molecule is Cc1cc(Cl)ccc1N=Nc1ccc(Cl)cc1C. The van der Waals surface area contributed by atoms with Crippen molar-refractivity contribution in [1.82, 2.24) is 0 Å². The van der Waals surface area contributed by atoms with Crippen LogP contribution in [0.2, 0.25) is 10.0 Å². The fourth-order valence-electron chi connectivity index (χ4n) is 1.57. The summed E-state index contributed by atoms with van der Waals surface area (Å²) in [5.41, 5.74) is 3.62. The monoisotopic (exact) mass is 278 g/mol. The van der Waals surface area contributed by atoms with Gasteiger partial charge in [0.05, 0.1) is 11.4 Å². The van der Waals surface area contributed by atoms with E-state index in [-0.39, 0.29) is 0 Å². The molecule has 0 saturated heterocycles. The molecule has 0 radical (unpaired) electrons. The molecule has 0 aliphatic carbocycles. The minimum Gasteiger partial charge on any atom is -0.150 e. The number of halogens is 2. The Bertz CT molecular complexity index is 553. The lowest BCUT2D eigenvalue weighted by Crippen LogP contribution is -1.75. The molecule has 0 heterocycles. The predicted octanol–water partition coefficient (Wildman–Crippen LogP) is 6.03.